The van der Waals surface area contributed by atoms with Gasteiger partial charge < -0.3 is 15.2 Å². The second-order valence-corrected chi connectivity index (χ2v) is 6.51. The Kier molecular flexibility index (Phi) is 6.71. The standard InChI is InChI=1S/C22H20ClN3O3/c1-28-21-12-15(13-25-26-18-9-7-16(8-10-18)22(24)27)6-11-20(21)29-14-17-4-2-3-5-19(17)23/h2-13,26H,14H2,1H3,(H2,24,27)/b25-13+. The quantitative estimate of drug-likeness (QED) is 0.424. The molecule has 0 aliphatic rings. The van der Waals surface area contributed by atoms with Crippen molar-refractivity contribution in [1.82, 2.24) is 0 Å². The summed E-state index contributed by atoms with van der Waals surface area (Å²) in [5, 5.41) is 4.85. The smallest absolute Gasteiger partial charge is 0.248 e. The maximum absolute atomic E-state index is 11.1. The van der Waals surface area contributed by atoms with Gasteiger partial charge in [0.2, 0.25) is 5.91 Å². The molecule has 1 amide bonds. The van der Waals surface area contributed by atoms with E-state index in [2.05, 4.69) is 10.5 Å². The number of carbonyl (C=O) groups excluding carboxylic acids is 1. The monoisotopic (exact) mass is 409 g/mol. The van der Waals surface area contributed by atoms with E-state index >= 15 is 0 Å². The summed E-state index contributed by atoms with van der Waals surface area (Å²) in [6, 6.07) is 19.8. The lowest BCUT2D eigenvalue weighted by Gasteiger charge is -2.12. The van der Waals surface area contributed by atoms with Gasteiger partial charge in [-0.2, -0.15) is 5.10 Å². The summed E-state index contributed by atoms with van der Waals surface area (Å²) in [6.07, 6.45) is 1.66. The molecule has 0 aromatic heterocycles. The molecular formula is C22H20ClN3O3. The van der Waals surface area contributed by atoms with E-state index in [0.29, 0.717) is 28.7 Å². The molecule has 3 rings (SSSR count). The summed E-state index contributed by atoms with van der Waals surface area (Å²) in [6.45, 7) is 0.340. The Morgan fingerprint density at radius 2 is 1.86 bits per heavy atom. The highest BCUT2D eigenvalue weighted by molar-refractivity contribution is 6.31. The number of hydrogen-bond donors (Lipinski definition) is 2. The average Bonchev–Trinajstić information content (AvgIpc) is 2.74. The second-order valence-electron chi connectivity index (χ2n) is 6.10. The fourth-order valence-electron chi connectivity index (χ4n) is 2.55. The van der Waals surface area contributed by atoms with E-state index in [4.69, 9.17) is 26.8 Å². The Labute approximate surface area is 173 Å². The zero-order valence-electron chi connectivity index (χ0n) is 15.8. The van der Waals surface area contributed by atoms with E-state index in [1.165, 1.54) is 0 Å². The number of halogens is 1. The SMILES string of the molecule is COc1cc(/C=N/Nc2ccc(C(N)=O)cc2)ccc1OCc1ccccc1Cl. The van der Waals surface area contributed by atoms with Crippen molar-refractivity contribution in [3.63, 3.8) is 0 Å². The first-order valence-electron chi connectivity index (χ1n) is 8.80. The van der Waals surface area contributed by atoms with Crippen LogP contribution < -0.4 is 20.6 Å². The molecule has 3 aromatic rings. The summed E-state index contributed by atoms with van der Waals surface area (Å²) in [4.78, 5) is 11.1. The molecule has 0 saturated heterocycles. The third-order valence-electron chi connectivity index (χ3n) is 4.11. The number of hydrazone groups is 1. The third-order valence-corrected chi connectivity index (χ3v) is 4.47. The van der Waals surface area contributed by atoms with Gasteiger partial charge in [-0.05, 0) is 54.1 Å². The Bertz CT molecular complexity index is 1020. The van der Waals surface area contributed by atoms with E-state index in [1.807, 2.05) is 42.5 Å². The van der Waals surface area contributed by atoms with Gasteiger partial charge in [0.25, 0.3) is 0 Å². The minimum Gasteiger partial charge on any atom is -0.493 e. The van der Waals surface area contributed by atoms with Gasteiger partial charge in [0.05, 0.1) is 19.0 Å². The zero-order chi connectivity index (χ0) is 20.6. The van der Waals surface area contributed by atoms with Crippen molar-refractivity contribution in [3.05, 3.63) is 88.4 Å². The van der Waals surface area contributed by atoms with Gasteiger partial charge >= 0.3 is 0 Å². The van der Waals surface area contributed by atoms with Crippen molar-refractivity contribution < 1.29 is 14.3 Å². The molecule has 0 unspecified atom stereocenters. The van der Waals surface area contributed by atoms with Gasteiger partial charge in [0, 0.05) is 16.1 Å². The number of nitrogens with one attached hydrogen (secondary N) is 1. The highest BCUT2D eigenvalue weighted by Gasteiger charge is 2.07. The van der Waals surface area contributed by atoms with E-state index in [0.717, 1.165) is 16.8 Å². The number of nitrogens with zero attached hydrogens (tertiary/aromatic N) is 1. The molecule has 0 heterocycles. The summed E-state index contributed by atoms with van der Waals surface area (Å²) in [7, 11) is 1.58. The summed E-state index contributed by atoms with van der Waals surface area (Å²) >= 11 is 6.16. The van der Waals surface area contributed by atoms with E-state index in [9.17, 15) is 4.79 Å². The maximum Gasteiger partial charge on any atom is 0.248 e. The summed E-state index contributed by atoms with van der Waals surface area (Å²) < 4.78 is 11.3. The predicted octanol–water partition coefficient (Wildman–Crippen LogP) is 4.47. The number of hydrogen-bond acceptors (Lipinski definition) is 5. The lowest BCUT2D eigenvalue weighted by Crippen LogP contribution is -2.10. The number of rotatable bonds is 8. The molecule has 7 heteroatoms. The first-order valence-corrected chi connectivity index (χ1v) is 9.18. The third kappa shape index (κ3) is 5.49. The fraction of sp³-hybridized carbons (Fsp3) is 0.0909. The number of primary amides is 1. The van der Waals surface area contributed by atoms with Crippen LogP contribution in [0, 0.1) is 0 Å². The van der Waals surface area contributed by atoms with Gasteiger partial charge in [0.1, 0.15) is 6.61 Å². The molecule has 0 radical (unpaired) electrons. The molecule has 0 aliphatic heterocycles. The van der Waals surface area contributed by atoms with E-state index < -0.39 is 5.91 Å². The molecule has 0 aliphatic carbocycles. The van der Waals surface area contributed by atoms with Crippen LogP contribution in [0.3, 0.4) is 0 Å². The molecule has 29 heavy (non-hydrogen) atoms. The van der Waals surface area contributed by atoms with Crippen LogP contribution in [-0.4, -0.2) is 19.2 Å². The highest BCUT2D eigenvalue weighted by Crippen LogP contribution is 2.29. The van der Waals surface area contributed by atoms with Crippen LogP contribution in [0.15, 0.2) is 71.8 Å². The van der Waals surface area contributed by atoms with Crippen molar-refractivity contribution in [2.24, 2.45) is 10.8 Å². The average molecular weight is 410 g/mol. The van der Waals surface area contributed by atoms with Crippen molar-refractivity contribution >= 4 is 29.4 Å². The van der Waals surface area contributed by atoms with Crippen LogP contribution in [0.4, 0.5) is 5.69 Å². The van der Waals surface area contributed by atoms with Crippen molar-refractivity contribution in [2.45, 2.75) is 6.61 Å². The number of amides is 1. The maximum atomic E-state index is 11.1. The predicted molar refractivity (Wildman–Crippen MR) is 115 cm³/mol. The summed E-state index contributed by atoms with van der Waals surface area (Å²) in [5.41, 5.74) is 11.0. The van der Waals surface area contributed by atoms with Crippen LogP contribution in [0.5, 0.6) is 11.5 Å². The number of anilines is 1. The minimum atomic E-state index is -0.469. The molecule has 0 atom stereocenters. The van der Waals surface area contributed by atoms with Crippen molar-refractivity contribution in [3.8, 4) is 11.5 Å². The second kappa shape index (κ2) is 9.61. The van der Waals surface area contributed by atoms with Crippen LogP contribution >= 0.6 is 11.6 Å². The Hall–Kier alpha value is -3.51. The van der Waals surface area contributed by atoms with Crippen LogP contribution in [-0.2, 0) is 6.61 Å². The number of benzene rings is 3. The minimum absolute atomic E-state index is 0.340. The van der Waals surface area contributed by atoms with Gasteiger partial charge in [-0.3, -0.25) is 10.2 Å². The van der Waals surface area contributed by atoms with Gasteiger partial charge in [-0.25, -0.2) is 0 Å². The van der Waals surface area contributed by atoms with E-state index in [1.54, 1.807) is 37.6 Å². The molecule has 148 valence electrons. The molecular weight excluding hydrogens is 390 g/mol. The molecule has 0 bridgehead atoms. The number of ether oxygens (including phenoxy) is 2. The molecule has 0 fully saturated rings. The van der Waals surface area contributed by atoms with Crippen LogP contribution in [0.1, 0.15) is 21.5 Å². The largest absolute Gasteiger partial charge is 0.493 e. The lowest BCUT2D eigenvalue weighted by molar-refractivity contribution is 0.100. The van der Waals surface area contributed by atoms with E-state index in [-0.39, 0.29) is 0 Å². The van der Waals surface area contributed by atoms with Gasteiger partial charge in [-0.15, -0.1) is 0 Å². The summed E-state index contributed by atoms with van der Waals surface area (Å²) in [5.74, 6) is 0.732. The van der Waals surface area contributed by atoms with Crippen molar-refractivity contribution in [1.29, 1.82) is 0 Å². The fourth-order valence-corrected chi connectivity index (χ4v) is 2.74. The number of carbonyl (C=O) groups is 1. The normalized spacial score (nSPS) is 10.7. The Morgan fingerprint density at radius 3 is 2.55 bits per heavy atom. The number of methoxy groups -OCH3 is 1. The van der Waals surface area contributed by atoms with Gasteiger partial charge in [-0.1, -0.05) is 29.8 Å². The topological polar surface area (TPSA) is 85.9 Å². The first-order chi connectivity index (χ1) is 14.1. The number of nitrogens with two attached hydrogens (primary N) is 1. The lowest BCUT2D eigenvalue weighted by atomic mass is 10.2. The Morgan fingerprint density at radius 1 is 1.10 bits per heavy atom. The molecule has 3 N–H and O–H groups in total. The Balaban J connectivity index is 1.64. The van der Waals surface area contributed by atoms with Crippen molar-refractivity contribution in [2.75, 3.05) is 12.5 Å². The highest BCUT2D eigenvalue weighted by atomic mass is 35.5. The molecule has 3 aromatic carbocycles. The first kappa shape index (κ1) is 20.2. The molecule has 0 spiro atoms. The molecule has 0 saturated carbocycles. The molecule has 6 nitrogen and oxygen atoms in total. The van der Waals surface area contributed by atoms with Crippen LogP contribution in [0.25, 0.3) is 0 Å². The van der Waals surface area contributed by atoms with Crippen LogP contribution in [0.2, 0.25) is 5.02 Å². The van der Waals surface area contributed by atoms with Gasteiger partial charge in [0.15, 0.2) is 11.5 Å². The zero-order valence-corrected chi connectivity index (χ0v) is 16.5.